The molecule has 2 amide bonds. The maximum Gasteiger partial charge on any atom is 0.317 e. The molecule has 4 nitrogen and oxygen atoms in total. The highest BCUT2D eigenvalue weighted by atomic mass is 32.2. The zero-order chi connectivity index (χ0) is 14.3. The molecular formula is C14H29N3OS. The third-order valence-corrected chi connectivity index (χ3v) is 4.44. The molecule has 0 spiro atoms. The molecule has 0 bridgehead atoms. The smallest absolute Gasteiger partial charge is 0.317 e. The second kappa shape index (κ2) is 8.69. The third-order valence-electron chi connectivity index (χ3n) is 3.49. The van der Waals surface area contributed by atoms with Gasteiger partial charge in [0.15, 0.2) is 0 Å². The number of amides is 2. The van der Waals surface area contributed by atoms with Gasteiger partial charge in [0.1, 0.15) is 0 Å². The summed E-state index contributed by atoms with van der Waals surface area (Å²) >= 11 is 1.93. The van der Waals surface area contributed by atoms with Crippen LogP contribution in [0.2, 0.25) is 0 Å². The number of hydrogen-bond donors (Lipinski definition) is 1. The quantitative estimate of drug-likeness (QED) is 0.761. The summed E-state index contributed by atoms with van der Waals surface area (Å²) in [6.07, 6.45) is 1.02. The van der Waals surface area contributed by atoms with Crippen molar-refractivity contribution >= 4 is 17.8 Å². The van der Waals surface area contributed by atoms with Crippen molar-refractivity contribution in [3.63, 3.8) is 0 Å². The number of carbonyl (C=O) groups excluding carboxylic acids is 1. The van der Waals surface area contributed by atoms with Gasteiger partial charge < -0.3 is 10.2 Å². The first-order valence-electron chi connectivity index (χ1n) is 7.38. The van der Waals surface area contributed by atoms with Gasteiger partial charge in [-0.3, -0.25) is 4.90 Å². The molecule has 0 aromatic rings. The summed E-state index contributed by atoms with van der Waals surface area (Å²) in [6, 6.07) is 1.24. The average molecular weight is 287 g/mol. The molecule has 0 saturated carbocycles. The van der Waals surface area contributed by atoms with E-state index >= 15 is 0 Å². The van der Waals surface area contributed by atoms with Gasteiger partial charge in [-0.1, -0.05) is 0 Å². The molecule has 0 aromatic carbocycles. The van der Waals surface area contributed by atoms with Crippen LogP contribution in [0.4, 0.5) is 4.79 Å². The van der Waals surface area contributed by atoms with Crippen molar-refractivity contribution in [2.75, 3.05) is 37.7 Å². The molecule has 1 N–H and O–H groups in total. The lowest BCUT2D eigenvalue weighted by Gasteiger charge is -2.31. The van der Waals surface area contributed by atoms with E-state index in [9.17, 15) is 4.79 Å². The zero-order valence-electron chi connectivity index (χ0n) is 12.8. The number of urea groups is 1. The Morgan fingerprint density at radius 3 is 2.32 bits per heavy atom. The van der Waals surface area contributed by atoms with Crippen molar-refractivity contribution in [2.45, 2.75) is 46.2 Å². The molecule has 0 aliphatic carbocycles. The van der Waals surface area contributed by atoms with E-state index in [1.54, 1.807) is 0 Å². The van der Waals surface area contributed by atoms with Crippen LogP contribution < -0.4 is 5.32 Å². The van der Waals surface area contributed by atoms with Crippen LogP contribution in [0.5, 0.6) is 0 Å². The van der Waals surface area contributed by atoms with Gasteiger partial charge in [0.25, 0.3) is 0 Å². The van der Waals surface area contributed by atoms with Crippen LogP contribution in [0.25, 0.3) is 0 Å². The lowest BCUT2D eigenvalue weighted by Crippen LogP contribution is -2.45. The standard InChI is InChI=1S/C14H29N3OS/c1-12(2)17(13(3)4)7-5-6-15-14(18)16-8-10-19-11-9-16/h12-13H,5-11H2,1-4H3,(H,15,18). The molecule has 5 heteroatoms. The van der Waals surface area contributed by atoms with Crippen LogP contribution in [-0.2, 0) is 0 Å². The van der Waals surface area contributed by atoms with Crippen molar-refractivity contribution in [1.82, 2.24) is 15.1 Å². The minimum Gasteiger partial charge on any atom is -0.338 e. The van der Waals surface area contributed by atoms with Gasteiger partial charge in [0.05, 0.1) is 0 Å². The fraction of sp³-hybridized carbons (Fsp3) is 0.929. The lowest BCUT2D eigenvalue weighted by molar-refractivity contribution is 0.171. The highest BCUT2D eigenvalue weighted by Crippen LogP contribution is 2.09. The Morgan fingerprint density at radius 1 is 1.21 bits per heavy atom. The molecule has 1 fully saturated rings. The van der Waals surface area contributed by atoms with Gasteiger partial charge in [-0.25, -0.2) is 4.79 Å². The largest absolute Gasteiger partial charge is 0.338 e. The van der Waals surface area contributed by atoms with E-state index in [2.05, 4.69) is 37.9 Å². The van der Waals surface area contributed by atoms with Gasteiger partial charge in [-0.15, -0.1) is 0 Å². The maximum atomic E-state index is 11.9. The minimum atomic E-state index is 0.112. The number of rotatable bonds is 6. The molecule has 0 aromatic heterocycles. The Kier molecular flexibility index (Phi) is 7.61. The van der Waals surface area contributed by atoms with Crippen LogP contribution in [0, 0.1) is 0 Å². The summed E-state index contributed by atoms with van der Waals surface area (Å²) in [5.74, 6) is 2.14. The average Bonchev–Trinajstić information content (AvgIpc) is 2.38. The number of nitrogens with zero attached hydrogens (tertiary/aromatic N) is 2. The van der Waals surface area contributed by atoms with E-state index in [0.29, 0.717) is 12.1 Å². The fourth-order valence-electron chi connectivity index (χ4n) is 2.45. The second-order valence-electron chi connectivity index (χ2n) is 5.61. The molecule has 1 saturated heterocycles. The Balaban J connectivity index is 2.17. The number of thioether (sulfide) groups is 1. The summed E-state index contributed by atoms with van der Waals surface area (Å²) in [4.78, 5) is 16.3. The van der Waals surface area contributed by atoms with Crippen LogP contribution >= 0.6 is 11.8 Å². The van der Waals surface area contributed by atoms with E-state index in [1.165, 1.54) is 0 Å². The van der Waals surface area contributed by atoms with Crippen molar-refractivity contribution in [3.05, 3.63) is 0 Å². The first kappa shape index (κ1) is 16.6. The molecule has 1 rings (SSSR count). The number of carbonyl (C=O) groups is 1. The van der Waals surface area contributed by atoms with Gasteiger partial charge in [0.2, 0.25) is 0 Å². The summed E-state index contributed by atoms with van der Waals surface area (Å²) in [5.41, 5.74) is 0. The normalized spacial score (nSPS) is 16.5. The Bertz CT molecular complexity index is 257. The lowest BCUT2D eigenvalue weighted by atomic mass is 10.2. The van der Waals surface area contributed by atoms with E-state index in [4.69, 9.17) is 0 Å². The first-order valence-corrected chi connectivity index (χ1v) is 8.54. The summed E-state index contributed by atoms with van der Waals surface area (Å²) < 4.78 is 0. The highest BCUT2D eigenvalue weighted by Gasteiger charge is 2.16. The monoisotopic (exact) mass is 287 g/mol. The second-order valence-corrected chi connectivity index (χ2v) is 6.83. The van der Waals surface area contributed by atoms with Crippen molar-refractivity contribution < 1.29 is 4.79 Å². The van der Waals surface area contributed by atoms with Crippen molar-refractivity contribution in [3.8, 4) is 0 Å². The van der Waals surface area contributed by atoms with Gasteiger partial charge in [-0.2, -0.15) is 11.8 Å². The number of hydrogen-bond acceptors (Lipinski definition) is 3. The SMILES string of the molecule is CC(C)N(CCCNC(=O)N1CCSCC1)C(C)C. The van der Waals surface area contributed by atoms with Crippen LogP contribution in [0.1, 0.15) is 34.1 Å². The molecular weight excluding hydrogens is 258 g/mol. The van der Waals surface area contributed by atoms with E-state index < -0.39 is 0 Å². The van der Waals surface area contributed by atoms with E-state index in [0.717, 1.165) is 44.1 Å². The highest BCUT2D eigenvalue weighted by molar-refractivity contribution is 7.99. The number of nitrogens with one attached hydrogen (secondary N) is 1. The Morgan fingerprint density at radius 2 is 1.79 bits per heavy atom. The Hall–Kier alpha value is -0.420. The van der Waals surface area contributed by atoms with Crippen LogP contribution in [-0.4, -0.2) is 65.6 Å². The van der Waals surface area contributed by atoms with Crippen LogP contribution in [0.15, 0.2) is 0 Å². The molecule has 0 unspecified atom stereocenters. The minimum absolute atomic E-state index is 0.112. The predicted octanol–water partition coefficient (Wildman–Crippen LogP) is 2.25. The molecule has 1 aliphatic rings. The third kappa shape index (κ3) is 6.04. The van der Waals surface area contributed by atoms with Crippen molar-refractivity contribution in [1.29, 1.82) is 0 Å². The van der Waals surface area contributed by atoms with E-state index in [-0.39, 0.29) is 6.03 Å². The van der Waals surface area contributed by atoms with Gasteiger partial charge >= 0.3 is 6.03 Å². The maximum absolute atomic E-state index is 11.9. The molecule has 0 radical (unpaired) electrons. The zero-order valence-corrected chi connectivity index (χ0v) is 13.6. The summed E-state index contributed by atoms with van der Waals surface area (Å²) in [6.45, 7) is 12.5. The van der Waals surface area contributed by atoms with Crippen molar-refractivity contribution in [2.24, 2.45) is 0 Å². The predicted molar refractivity (Wildman–Crippen MR) is 83.9 cm³/mol. The first-order chi connectivity index (χ1) is 9.02. The summed E-state index contributed by atoms with van der Waals surface area (Å²) in [5, 5.41) is 3.04. The topological polar surface area (TPSA) is 35.6 Å². The van der Waals surface area contributed by atoms with E-state index in [1.807, 2.05) is 16.7 Å². The summed E-state index contributed by atoms with van der Waals surface area (Å²) in [7, 11) is 0. The van der Waals surface area contributed by atoms with Gasteiger partial charge in [0, 0.05) is 49.8 Å². The fourth-order valence-corrected chi connectivity index (χ4v) is 3.35. The van der Waals surface area contributed by atoms with Gasteiger partial charge in [-0.05, 0) is 34.1 Å². The molecule has 1 aliphatic heterocycles. The van der Waals surface area contributed by atoms with Crippen LogP contribution in [0.3, 0.4) is 0 Å². The molecule has 19 heavy (non-hydrogen) atoms. The molecule has 0 atom stereocenters. The molecule has 112 valence electrons. The molecule has 1 heterocycles. The Labute approximate surface area is 122 Å².